The Hall–Kier alpha value is -2.85. The number of pyridine rings is 1. The zero-order valence-electron chi connectivity index (χ0n) is 22.2. The molecule has 10 heteroatoms. The number of carbonyl (C=O) groups is 1. The molecule has 4 aliphatic rings. The molecule has 2 saturated heterocycles. The van der Waals surface area contributed by atoms with E-state index in [1.807, 2.05) is 24.0 Å². The molecule has 4 fully saturated rings. The number of amides is 1. The highest BCUT2D eigenvalue weighted by molar-refractivity contribution is 7.94. The molecule has 0 bridgehead atoms. The number of aliphatic hydroxyl groups is 1. The number of nitrogens with zero attached hydrogens (tertiary/aromatic N) is 3. The van der Waals surface area contributed by atoms with Crippen LogP contribution < -0.4 is 19.8 Å². The minimum absolute atomic E-state index is 0.284. The minimum Gasteiger partial charge on any atom is -0.388 e. The van der Waals surface area contributed by atoms with Gasteiger partial charge in [-0.25, -0.2) is 13.4 Å². The van der Waals surface area contributed by atoms with Gasteiger partial charge in [0.05, 0.1) is 27.3 Å². The molecule has 2 saturated carbocycles. The molecule has 3 N–H and O–H groups in total. The van der Waals surface area contributed by atoms with E-state index in [-0.39, 0.29) is 5.91 Å². The van der Waals surface area contributed by atoms with Crippen molar-refractivity contribution in [3.63, 3.8) is 0 Å². The highest BCUT2D eigenvalue weighted by Gasteiger charge is 2.50. The van der Waals surface area contributed by atoms with Gasteiger partial charge in [-0.2, -0.15) is 0 Å². The quantitative estimate of drug-likeness (QED) is 0.488. The summed E-state index contributed by atoms with van der Waals surface area (Å²) in [5.41, 5.74) is 1.45. The lowest BCUT2D eigenvalue weighted by Gasteiger charge is -2.35. The molecule has 3 heterocycles. The maximum Gasteiger partial charge on any atom is 0.258 e. The number of rotatable bonds is 7. The van der Waals surface area contributed by atoms with E-state index < -0.39 is 20.4 Å². The first-order valence-corrected chi connectivity index (χ1v) is 15.1. The first-order chi connectivity index (χ1) is 18.0. The molecule has 1 aromatic heterocycles. The van der Waals surface area contributed by atoms with Crippen molar-refractivity contribution >= 4 is 38.9 Å². The second kappa shape index (κ2) is 8.84. The van der Waals surface area contributed by atoms with Gasteiger partial charge in [-0.1, -0.05) is 6.07 Å². The van der Waals surface area contributed by atoms with Crippen LogP contribution >= 0.6 is 0 Å². The van der Waals surface area contributed by atoms with Crippen LogP contribution in [0.2, 0.25) is 0 Å². The van der Waals surface area contributed by atoms with E-state index in [0.717, 1.165) is 31.6 Å². The van der Waals surface area contributed by atoms with Gasteiger partial charge in [-0.3, -0.25) is 9.52 Å². The predicted octanol–water partition coefficient (Wildman–Crippen LogP) is 3.97. The molecule has 1 spiro atoms. The molecule has 1 aromatic carbocycles. The van der Waals surface area contributed by atoms with Gasteiger partial charge in [0.15, 0.2) is 0 Å². The van der Waals surface area contributed by atoms with Gasteiger partial charge >= 0.3 is 0 Å². The van der Waals surface area contributed by atoms with Crippen LogP contribution in [-0.2, 0) is 10.0 Å². The number of benzene rings is 1. The van der Waals surface area contributed by atoms with Gasteiger partial charge < -0.3 is 20.2 Å². The van der Waals surface area contributed by atoms with E-state index >= 15 is 0 Å². The maximum absolute atomic E-state index is 13.5. The molecule has 38 heavy (non-hydrogen) atoms. The smallest absolute Gasteiger partial charge is 0.258 e. The normalized spacial score (nSPS) is 25.3. The highest BCUT2D eigenvalue weighted by atomic mass is 32.2. The van der Waals surface area contributed by atoms with E-state index in [0.29, 0.717) is 60.7 Å². The summed E-state index contributed by atoms with van der Waals surface area (Å²) in [5, 5.41) is 13.3. The average Bonchev–Trinajstić information content (AvgIpc) is 3.78. The summed E-state index contributed by atoms with van der Waals surface area (Å²) in [5.74, 6) is 0.866. The molecule has 6 rings (SSSR count). The SMILES string of the molecule is CC1(O)CCN(c2cccc(NC(=O)c3ccc(NS(=O)(=O)C4(C)CC4)cc3N3CCC4(CC3)CC4)n2)C1. The fraction of sp³-hybridized carbons (Fsp3) is 0.571. The molecule has 2 aliphatic heterocycles. The molecule has 204 valence electrons. The second-order valence-electron chi connectivity index (χ2n) is 12.3. The summed E-state index contributed by atoms with van der Waals surface area (Å²) in [6.07, 6.45) is 6.72. The van der Waals surface area contributed by atoms with E-state index in [9.17, 15) is 18.3 Å². The van der Waals surface area contributed by atoms with Gasteiger partial charge in [0, 0.05) is 26.2 Å². The van der Waals surface area contributed by atoms with Gasteiger partial charge in [-0.15, -0.1) is 0 Å². The maximum atomic E-state index is 13.5. The predicted molar refractivity (Wildman–Crippen MR) is 149 cm³/mol. The number of aromatic nitrogens is 1. The van der Waals surface area contributed by atoms with Crippen LogP contribution in [-0.4, -0.2) is 60.9 Å². The first kappa shape index (κ1) is 25.4. The number of β-amino-alcohol motifs (C(OH)–C–C–N with tert-alkyl or cyclic N) is 1. The number of anilines is 4. The third kappa shape index (κ3) is 4.96. The third-order valence-corrected chi connectivity index (χ3v) is 11.2. The molecule has 0 radical (unpaired) electrons. The van der Waals surface area contributed by atoms with Crippen LogP contribution in [0.3, 0.4) is 0 Å². The zero-order chi connectivity index (χ0) is 26.8. The number of carbonyl (C=O) groups excluding carboxylic acids is 1. The third-order valence-electron chi connectivity index (χ3n) is 8.97. The Bertz CT molecular complexity index is 1360. The molecule has 1 unspecified atom stereocenters. The van der Waals surface area contributed by atoms with Crippen LogP contribution in [0.4, 0.5) is 23.0 Å². The van der Waals surface area contributed by atoms with Gasteiger partial charge in [0.2, 0.25) is 10.0 Å². The van der Waals surface area contributed by atoms with Crippen molar-refractivity contribution in [2.45, 2.75) is 69.1 Å². The van der Waals surface area contributed by atoms with E-state index in [4.69, 9.17) is 0 Å². The van der Waals surface area contributed by atoms with Crippen molar-refractivity contribution in [2.24, 2.45) is 5.41 Å². The lowest BCUT2D eigenvalue weighted by atomic mass is 9.93. The lowest BCUT2D eigenvalue weighted by molar-refractivity contribution is 0.0838. The van der Waals surface area contributed by atoms with Crippen molar-refractivity contribution < 1.29 is 18.3 Å². The molecule has 9 nitrogen and oxygen atoms in total. The van der Waals surface area contributed by atoms with Crippen molar-refractivity contribution in [3.8, 4) is 0 Å². The summed E-state index contributed by atoms with van der Waals surface area (Å²) in [7, 11) is -3.50. The van der Waals surface area contributed by atoms with Gasteiger partial charge in [0.1, 0.15) is 11.6 Å². The molecule has 2 aromatic rings. The monoisotopic (exact) mass is 539 g/mol. The summed E-state index contributed by atoms with van der Waals surface area (Å²) in [6, 6.07) is 10.7. The second-order valence-corrected chi connectivity index (χ2v) is 14.5. The molecule has 1 atom stereocenters. The Morgan fingerprint density at radius 2 is 1.66 bits per heavy atom. The van der Waals surface area contributed by atoms with Crippen molar-refractivity contribution in [1.29, 1.82) is 0 Å². The van der Waals surface area contributed by atoms with Crippen molar-refractivity contribution in [3.05, 3.63) is 42.0 Å². The zero-order valence-corrected chi connectivity index (χ0v) is 23.0. The van der Waals surface area contributed by atoms with Crippen LogP contribution in [0.25, 0.3) is 0 Å². The number of hydrogen-bond donors (Lipinski definition) is 3. The van der Waals surface area contributed by atoms with E-state index in [1.165, 1.54) is 12.8 Å². The fourth-order valence-electron chi connectivity index (χ4n) is 5.66. The number of nitrogens with one attached hydrogen (secondary N) is 2. The van der Waals surface area contributed by atoms with E-state index in [1.54, 1.807) is 31.2 Å². The van der Waals surface area contributed by atoms with Crippen LogP contribution in [0.15, 0.2) is 36.4 Å². The van der Waals surface area contributed by atoms with Gasteiger partial charge in [0.25, 0.3) is 5.91 Å². The van der Waals surface area contributed by atoms with Crippen LogP contribution in [0.1, 0.15) is 69.2 Å². The first-order valence-electron chi connectivity index (χ1n) is 13.6. The molecular formula is C28H37N5O4S. The fourth-order valence-corrected chi connectivity index (χ4v) is 6.99. The lowest BCUT2D eigenvalue weighted by Crippen LogP contribution is -2.36. The Morgan fingerprint density at radius 1 is 0.947 bits per heavy atom. The Balaban J connectivity index is 1.25. The summed E-state index contributed by atoms with van der Waals surface area (Å²) in [6.45, 7) is 6.47. The number of hydrogen-bond acceptors (Lipinski definition) is 7. The number of piperidine rings is 1. The summed E-state index contributed by atoms with van der Waals surface area (Å²) in [4.78, 5) is 22.4. The van der Waals surface area contributed by atoms with Crippen molar-refractivity contribution in [2.75, 3.05) is 46.0 Å². The van der Waals surface area contributed by atoms with E-state index in [2.05, 4.69) is 19.9 Å². The van der Waals surface area contributed by atoms with Crippen LogP contribution in [0, 0.1) is 5.41 Å². The topological polar surface area (TPSA) is 115 Å². The standard InChI is InChI=1S/C28H37N5O4S/c1-26(35)12-15-33(19-26)24-5-3-4-23(29-24)30-25(34)21-7-6-20(31-38(36,37)27(2)8-9-27)18-22(21)32-16-13-28(10-11-28)14-17-32/h3-7,18,31,35H,8-17,19H2,1-2H3,(H,29,30,34). The Kier molecular flexibility index (Phi) is 5.92. The molecular weight excluding hydrogens is 502 g/mol. The minimum atomic E-state index is -3.50. The Labute approximate surface area is 224 Å². The average molecular weight is 540 g/mol. The molecule has 2 aliphatic carbocycles. The van der Waals surface area contributed by atoms with Crippen molar-refractivity contribution in [1.82, 2.24) is 4.98 Å². The highest BCUT2D eigenvalue weighted by Crippen LogP contribution is 2.54. The summed E-state index contributed by atoms with van der Waals surface area (Å²) < 4.78 is 27.8. The molecule has 1 amide bonds. The Morgan fingerprint density at radius 3 is 2.29 bits per heavy atom. The van der Waals surface area contributed by atoms with Gasteiger partial charge in [-0.05, 0) is 94.5 Å². The largest absolute Gasteiger partial charge is 0.388 e. The van der Waals surface area contributed by atoms with Crippen LogP contribution in [0.5, 0.6) is 0 Å². The summed E-state index contributed by atoms with van der Waals surface area (Å²) >= 11 is 0. The number of sulfonamides is 1.